The molecule has 2 aliphatic rings. The van der Waals surface area contributed by atoms with E-state index in [9.17, 15) is 9.90 Å². The minimum atomic E-state index is -0.394. The maximum atomic E-state index is 12.7. The molecule has 0 spiro atoms. The molecule has 0 aliphatic carbocycles. The SMILES string of the molecule is COc1ccc(C(O)=C2C(=O)Nc3cc(Cl)c(-c4ccc(N5CCOCC5)cc4)cc32)cn1. The number of carbonyl (C=O) groups is 1. The fraction of sp³-hybridized carbons (Fsp3) is 0.200. The number of carbonyl (C=O) groups excluding carboxylic acids is 1. The molecule has 8 heteroatoms. The Morgan fingerprint density at radius 3 is 2.55 bits per heavy atom. The van der Waals surface area contributed by atoms with E-state index in [4.69, 9.17) is 21.1 Å². The number of pyridine rings is 1. The summed E-state index contributed by atoms with van der Waals surface area (Å²) in [5.41, 5.74) is 4.57. The number of benzene rings is 2. The number of anilines is 2. The zero-order chi connectivity index (χ0) is 22.9. The van der Waals surface area contributed by atoms with Gasteiger partial charge in [-0.15, -0.1) is 0 Å². The fourth-order valence-electron chi connectivity index (χ4n) is 4.11. The molecule has 5 rings (SSSR count). The van der Waals surface area contributed by atoms with Crippen LogP contribution in [0.15, 0.2) is 54.7 Å². The van der Waals surface area contributed by atoms with Crippen LogP contribution in [0.4, 0.5) is 11.4 Å². The van der Waals surface area contributed by atoms with Crippen LogP contribution in [0, 0.1) is 0 Å². The maximum absolute atomic E-state index is 12.7. The number of hydrogen-bond acceptors (Lipinski definition) is 6. The lowest BCUT2D eigenvalue weighted by atomic mass is 9.97. The maximum Gasteiger partial charge on any atom is 0.260 e. The Kier molecular flexibility index (Phi) is 5.66. The van der Waals surface area contributed by atoms with Gasteiger partial charge in [-0.3, -0.25) is 4.79 Å². The topological polar surface area (TPSA) is 83.9 Å². The molecule has 33 heavy (non-hydrogen) atoms. The first-order valence-corrected chi connectivity index (χ1v) is 10.9. The number of nitrogens with zero attached hydrogens (tertiary/aromatic N) is 2. The highest BCUT2D eigenvalue weighted by molar-refractivity contribution is 6.38. The van der Waals surface area contributed by atoms with Crippen LogP contribution >= 0.6 is 11.6 Å². The second-order valence-electron chi connectivity index (χ2n) is 7.79. The number of fused-ring (bicyclic) bond motifs is 1. The third kappa shape index (κ3) is 4.01. The quantitative estimate of drug-likeness (QED) is 0.433. The van der Waals surface area contributed by atoms with Gasteiger partial charge in [0.2, 0.25) is 5.88 Å². The van der Waals surface area contributed by atoms with Crippen LogP contribution in [-0.4, -0.2) is 49.4 Å². The Morgan fingerprint density at radius 2 is 1.88 bits per heavy atom. The summed E-state index contributed by atoms with van der Waals surface area (Å²) in [7, 11) is 1.51. The number of hydrogen-bond donors (Lipinski definition) is 2. The predicted molar refractivity (Wildman–Crippen MR) is 129 cm³/mol. The molecule has 3 aromatic rings. The van der Waals surface area contributed by atoms with Crippen LogP contribution in [0.25, 0.3) is 22.5 Å². The average Bonchev–Trinajstić information content (AvgIpc) is 3.18. The van der Waals surface area contributed by atoms with E-state index in [0.29, 0.717) is 27.7 Å². The van der Waals surface area contributed by atoms with E-state index >= 15 is 0 Å². The van der Waals surface area contributed by atoms with Gasteiger partial charge in [-0.05, 0) is 35.9 Å². The summed E-state index contributed by atoms with van der Waals surface area (Å²) >= 11 is 6.58. The molecule has 7 nitrogen and oxygen atoms in total. The highest BCUT2D eigenvalue weighted by atomic mass is 35.5. The Bertz CT molecular complexity index is 1230. The van der Waals surface area contributed by atoms with Crippen molar-refractivity contribution in [3.8, 4) is 17.0 Å². The van der Waals surface area contributed by atoms with Gasteiger partial charge in [0, 0.05) is 47.7 Å². The Hall–Kier alpha value is -3.55. The molecule has 2 aromatic carbocycles. The van der Waals surface area contributed by atoms with Gasteiger partial charge < -0.3 is 24.8 Å². The molecule has 1 amide bonds. The smallest absolute Gasteiger partial charge is 0.260 e. The van der Waals surface area contributed by atoms with Crippen molar-refractivity contribution >= 4 is 40.2 Å². The van der Waals surface area contributed by atoms with Crippen molar-refractivity contribution in [3.63, 3.8) is 0 Å². The number of methoxy groups -OCH3 is 1. The van der Waals surface area contributed by atoms with Gasteiger partial charge in [-0.1, -0.05) is 23.7 Å². The van der Waals surface area contributed by atoms with Crippen molar-refractivity contribution in [3.05, 3.63) is 70.9 Å². The van der Waals surface area contributed by atoms with Gasteiger partial charge >= 0.3 is 0 Å². The summed E-state index contributed by atoms with van der Waals surface area (Å²) in [5, 5.41) is 14.2. The molecule has 168 valence electrons. The van der Waals surface area contributed by atoms with E-state index in [-0.39, 0.29) is 11.3 Å². The minimum Gasteiger partial charge on any atom is -0.506 e. The summed E-state index contributed by atoms with van der Waals surface area (Å²) in [6, 6.07) is 15.0. The van der Waals surface area contributed by atoms with Crippen molar-refractivity contribution < 1.29 is 19.4 Å². The van der Waals surface area contributed by atoms with Crippen molar-refractivity contribution in [2.45, 2.75) is 0 Å². The molecule has 1 aromatic heterocycles. The van der Waals surface area contributed by atoms with E-state index < -0.39 is 5.91 Å². The summed E-state index contributed by atoms with van der Waals surface area (Å²) in [6.07, 6.45) is 1.47. The molecule has 2 aliphatic heterocycles. The van der Waals surface area contributed by atoms with E-state index in [1.807, 2.05) is 18.2 Å². The Morgan fingerprint density at radius 1 is 1.12 bits per heavy atom. The van der Waals surface area contributed by atoms with E-state index in [1.165, 1.54) is 13.3 Å². The number of morpholine rings is 1. The van der Waals surface area contributed by atoms with Crippen LogP contribution in [-0.2, 0) is 9.53 Å². The summed E-state index contributed by atoms with van der Waals surface area (Å²) in [5.74, 6) is -0.131. The summed E-state index contributed by atoms with van der Waals surface area (Å²) < 4.78 is 10.5. The predicted octanol–water partition coefficient (Wildman–Crippen LogP) is 4.63. The molecular weight excluding hydrogens is 442 g/mol. The zero-order valence-electron chi connectivity index (χ0n) is 18.0. The summed E-state index contributed by atoms with van der Waals surface area (Å²) in [4.78, 5) is 19.1. The zero-order valence-corrected chi connectivity index (χ0v) is 18.7. The third-order valence-electron chi connectivity index (χ3n) is 5.86. The first-order valence-electron chi connectivity index (χ1n) is 10.6. The molecule has 1 saturated heterocycles. The molecule has 1 fully saturated rings. The van der Waals surface area contributed by atoms with Gasteiger partial charge in [-0.25, -0.2) is 4.98 Å². The van der Waals surface area contributed by atoms with Gasteiger partial charge in [-0.2, -0.15) is 0 Å². The normalized spacial score (nSPS) is 16.9. The molecule has 0 saturated carbocycles. The lowest BCUT2D eigenvalue weighted by molar-refractivity contribution is -0.110. The van der Waals surface area contributed by atoms with Gasteiger partial charge in [0.1, 0.15) is 5.76 Å². The monoisotopic (exact) mass is 463 g/mol. The molecule has 0 bridgehead atoms. The third-order valence-corrected chi connectivity index (χ3v) is 6.17. The molecule has 0 atom stereocenters. The van der Waals surface area contributed by atoms with Gasteiger partial charge in [0.15, 0.2) is 0 Å². The number of aliphatic hydroxyl groups is 1. The second-order valence-corrected chi connectivity index (χ2v) is 8.20. The lowest BCUT2D eigenvalue weighted by Crippen LogP contribution is -2.36. The Labute approximate surface area is 196 Å². The number of ether oxygens (including phenoxy) is 2. The first kappa shape index (κ1) is 21.3. The van der Waals surface area contributed by atoms with Crippen molar-refractivity contribution in [2.75, 3.05) is 43.6 Å². The average molecular weight is 464 g/mol. The second kappa shape index (κ2) is 8.77. The van der Waals surface area contributed by atoms with Crippen LogP contribution in [0.1, 0.15) is 11.1 Å². The highest BCUT2D eigenvalue weighted by Crippen LogP contribution is 2.42. The highest BCUT2D eigenvalue weighted by Gasteiger charge is 2.30. The molecule has 0 radical (unpaired) electrons. The summed E-state index contributed by atoms with van der Waals surface area (Å²) in [6.45, 7) is 3.17. The standard InChI is InChI=1S/C25H22ClN3O4/c1-32-22-7-4-16(14-27-22)24(30)23-19-12-18(20(26)13-21(19)28-25(23)31)15-2-5-17(6-3-15)29-8-10-33-11-9-29/h2-7,12-14,30H,8-11H2,1H3,(H,28,31). The molecule has 2 N–H and O–H groups in total. The fourth-order valence-corrected chi connectivity index (χ4v) is 4.38. The molecule has 3 heterocycles. The number of aliphatic hydroxyl groups excluding tert-OH is 1. The number of rotatable bonds is 4. The number of amides is 1. The molecular formula is C25H22ClN3O4. The number of aromatic nitrogens is 1. The van der Waals surface area contributed by atoms with Crippen molar-refractivity contribution in [1.29, 1.82) is 0 Å². The molecule has 0 unspecified atom stereocenters. The number of nitrogens with one attached hydrogen (secondary N) is 1. The van der Waals surface area contributed by atoms with Crippen LogP contribution in [0.3, 0.4) is 0 Å². The van der Waals surface area contributed by atoms with E-state index in [2.05, 4.69) is 27.3 Å². The Balaban J connectivity index is 1.52. The van der Waals surface area contributed by atoms with Crippen LogP contribution < -0.4 is 15.0 Å². The lowest BCUT2D eigenvalue weighted by Gasteiger charge is -2.29. The van der Waals surface area contributed by atoms with Crippen LogP contribution in [0.5, 0.6) is 5.88 Å². The van der Waals surface area contributed by atoms with E-state index in [1.54, 1.807) is 18.2 Å². The van der Waals surface area contributed by atoms with Crippen molar-refractivity contribution in [2.24, 2.45) is 0 Å². The van der Waals surface area contributed by atoms with Crippen molar-refractivity contribution in [1.82, 2.24) is 4.98 Å². The van der Waals surface area contributed by atoms with Gasteiger partial charge in [0.25, 0.3) is 5.91 Å². The largest absolute Gasteiger partial charge is 0.506 e. The first-order chi connectivity index (χ1) is 16.0. The number of halogens is 1. The minimum absolute atomic E-state index is 0.155. The van der Waals surface area contributed by atoms with E-state index in [0.717, 1.165) is 43.1 Å². The van der Waals surface area contributed by atoms with Gasteiger partial charge in [0.05, 0.1) is 36.6 Å². The van der Waals surface area contributed by atoms with Crippen LogP contribution in [0.2, 0.25) is 5.02 Å².